The molecule has 102 valence electrons. The minimum absolute atomic E-state index is 0.0120. The molecule has 2 rings (SSSR count). The van der Waals surface area contributed by atoms with Crippen molar-refractivity contribution in [2.24, 2.45) is 0 Å². The first-order valence-electron chi connectivity index (χ1n) is 6.27. The monoisotopic (exact) mass is 279 g/mol. The van der Waals surface area contributed by atoms with Crippen molar-refractivity contribution in [2.45, 2.75) is 26.2 Å². The van der Waals surface area contributed by atoms with E-state index in [1.807, 2.05) is 45.1 Å². The molecule has 19 heavy (non-hydrogen) atoms. The first kappa shape index (κ1) is 13.9. The lowest BCUT2D eigenvalue weighted by atomic mass is 9.85. The molecular formula is C15H18ClNO2. The number of nitrogens with one attached hydrogen (secondary N) is 1. The van der Waals surface area contributed by atoms with Crippen molar-refractivity contribution in [2.75, 3.05) is 17.8 Å². The fraction of sp³-hybridized carbons (Fsp3) is 0.400. The maximum atomic E-state index is 12.0. The van der Waals surface area contributed by atoms with Gasteiger partial charge >= 0.3 is 0 Å². The second-order valence-corrected chi connectivity index (χ2v) is 5.46. The molecule has 1 aromatic rings. The van der Waals surface area contributed by atoms with Gasteiger partial charge < -0.3 is 10.1 Å². The third-order valence-electron chi connectivity index (χ3n) is 3.40. The van der Waals surface area contributed by atoms with Gasteiger partial charge in [-0.15, -0.1) is 11.6 Å². The molecule has 1 amide bonds. The normalized spacial score (nSPS) is 16.5. The van der Waals surface area contributed by atoms with Crippen molar-refractivity contribution >= 4 is 23.2 Å². The largest absolute Gasteiger partial charge is 0.489 e. The number of allylic oxidation sites excluding steroid dienone is 1. The summed E-state index contributed by atoms with van der Waals surface area (Å²) in [6.07, 6.45) is 3.71. The predicted molar refractivity (Wildman–Crippen MR) is 78.2 cm³/mol. The highest BCUT2D eigenvalue weighted by molar-refractivity contribution is 6.18. The summed E-state index contributed by atoms with van der Waals surface area (Å²) in [7, 11) is 0. The van der Waals surface area contributed by atoms with Gasteiger partial charge in [-0.3, -0.25) is 4.79 Å². The molecule has 0 spiro atoms. The van der Waals surface area contributed by atoms with Crippen molar-refractivity contribution in [3.8, 4) is 5.75 Å². The Hall–Kier alpha value is -1.48. The number of anilines is 1. The lowest BCUT2D eigenvalue weighted by Crippen LogP contribution is -2.27. The van der Waals surface area contributed by atoms with Gasteiger partial charge in [0.1, 0.15) is 12.4 Å². The molecule has 0 aliphatic carbocycles. The molecule has 1 aliphatic rings. The number of benzene rings is 1. The number of carbonyl (C=O) groups is 1. The zero-order chi connectivity index (χ0) is 14.0. The zero-order valence-corrected chi connectivity index (χ0v) is 12.2. The third kappa shape index (κ3) is 2.47. The molecule has 1 heterocycles. The van der Waals surface area contributed by atoms with Crippen molar-refractivity contribution in [3.63, 3.8) is 0 Å². The van der Waals surface area contributed by atoms with E-state index in [2.05, 4.69) is 5.32 Å². The first-order chi connectivity index (χ1) is 8.98. The van der Waals surface area contributed by atoms with Crippen LogP contribution >= 0.6 is 11.6 Å². The number of hydrogen-bond donors (Lipinski definition) is 1. The molecule has 1 N–H and O–H groups in total. The molecule has 0 bridgehead atoms. The van der Waals surface area contributed by atoms with Gasteiger partial charge in [0.15, 0.2) is 0 Å². The number of fused-ring (bicyclic) bond motifs is 1. The molecular weight excluding hydrogens is 262 g/mol. The van der Waals surface area contributed by atoms with Crippen LogP contribution in [0.2, 0.25) is 0 Å². The van der Waals surface area contributed by atoms with E-state index in [0.717, 1.165) is 22.6 Å². The Balaban J connectivity index is 2.35. The number of amides is 1. The van der Waals surface area contributed by atoms with Crippen molar-refractivity contribution < 1.29 is 9.53 Å². The van der Waals surface area contributed by atoms with Gasteiger partial charge in [0.05, 0.1) is 11.1 Å². The number of halogens is 1. The Morgan fingerprint density at radius 3 is 2.79 bits per heavy atom. The maximum Gasteiger partial charge on any atom is 0.234 e. The Labute approximate surface area is 118 Å². The Morgan fingerprint density at radius 2 is 2.11 bits per heavy atom. The Kier molecular flexibility index (Phi) is 3.85. The van der Waals surface area contributed by atoms with E-state index in [1.54, 1.807) is 0 Å². The molecule has 0 saturated carbocycles. The van der Waals surface area contributed by atoms with Crippen LogP contribution in [-0.4, -0.2) is 18.4 Å². The lowest BCUT2D eigenvalue weighted by Gasteiger charge is -2.19. The molecule has 4 heteroatoms. The first-order valence-corrected chi connectivity index (χ1v) is 6.81. The summed E-state index contributed by atoms with van der Waals surface area (Å²) in [4.78, 5) is 12.0. The molecule has 0 unspecified atom stereocenters. The van der Waals surface area contributed by atoms with Gasteiger partial charge in [0, 0.05) is 11.4 Å². The van der Waals surface area contributed by atoms with E-state index in [9.17, 15) is 4.79 Å². The molecule has 0 saturated heterocycles. The van der Waals surface area contributed by atoms with E-state index >= 15 is 0 Å². The van der Waals surface area contributed by atoms with Crippen LogP contribution in [0.3, 0.4) is 0 Å². The maximum absolute atomic E-state index is 12.0. The van der Waals surface area contributed by atoms with Crippen LogP contribution in [0.15, 0.2) is 24.3 Å². The average Bonchev–Trinajstić information content (AvgIpc) is 2.60. The molecule has 0 radical (unpaired) electrons. The molecule has 0 aromatic heterocycles. The number of alkyl halides is 1. The molecule has 1 aromatic carbocycles. The summed E-state index contributed by atoms with van der Waals surface area (Å²) in [5.41, 5.74) is 2.32. The van der Waals surface area contributed by atoms with Crippen molar-refractivity contribution in [1.29, 1.82) is 0 Å². The number of carbonyl (C=O) groups excluding carboxylic acids is 1. The third-order valence-corrected chi connectivity index (χ3v) is 3.58. The fourth-order valence-corrected chi connectivity index (χ4v) is 2.37. The SMILES string of the molecule is Cc1ccc(OC/C=C/CCl)c2c1NC(=O)C2(C)C. The van der Waals surface area contributed by atoms with Crippen LogP contribution in [0.25, 0.3) is 0 Å². The Bertz CT molecular complexity index is 535. The average molecular weight is 280 g/mol. The van der Waals surface area contributed by atoms with Crippen LogP contribution in [-0.2, 0) is 10.2 Å². The molecule has 3 nitrogen and oxygen atoms in total. The van der Waals surface area contributed by atoms with Gasteiger partial charge in [-0.1, -0.05) is 18.2 Å². The summed E-state index contributed by atoms with van der Waals surface area (Å²) >= 11 is 5.57. The van der Waals surface area contributed by atoms with Gasteiger partial charge in [-0.2, -0.15) is 0 Å². The van der Waals surface area contributed by atoms with Crippen LogP contribution < -0.4 is 10.1 Å². The molecule has 1 aliphatic heterocycles. The van der Waals surface area contributed by atoms with E-state index in [4.69, 9.17) is 16.3 Å². The van der Waals surface area contributed by atoms with Crippen molar-refractivity contribution in [1.82, 2.24) is 0 Å². The highest BCUT2D eigenvalue weighted by Crippen LogP contribution is 2.44. The van der Waals surface area contributed by atoms with E-state index < -0.39 is 5.41 Å². The van der Waals surface area contributed by atoms with E-state index in [-0.39, 0.29) is 5.91 Å². The van der Waals surface area contributed by atoms with Gasteiger partial charge in [0.25, 0.3) is 0 Å². The number of rotatable bonds is 4. The second-order valence-electron chi connectivity index (χ2n) is 5.15. The van der Waals surface area contributed by atoms with Gasteiger partial charge in [0.2, 0.25) is 5.91 Å². The zero-order valence-electron chi connectivity index (χ0n) is 11.4. The highest BCUT2D eigenvalue weighted by Gasteiger charge is 2.41. The summed E-state index contributed by atoms with van der Waals surface area (Å²) in [6, 6.07) is 3.88. The summed E-state index contributed by atoms with van der Waals surface area (Å²) in [6.45, 7) is 6.26. The number of aryl methyl sites for hydroxylation is 1. The van der Waals surface area contributed by atoms with E-state index in [0.29, 0.717) is 12.5 Å². The summed E-state index contributed by atoms with van der Waals surface area (Å²) in [5, 5.41) is 2.94. The Morgan fingerprint density at radius 1 is 1.37 bits per heavy atom. The van der Waals surface area contributed by atoms with Crippen LogP contribution in [0, 0.1) is 6.92 Å². The lowest BCUT2D eigenvalue weighted by molar-refractivity contribution is -0.119. The molecule has 0 atom stereocenters. The smallest absolute Gasteiger partial charge is 0.234 e. The second kappa shape index (κ2) is 5.25. The predicted octanol–water partition coefficient (Wildman–Crippen LogP) is 3.40. The minimum atomic E-state index is -0.563. The topological polar surface area (TPSA) is 38.3 Å². The fourth-order valence-electron chi connectivity index (χ4n) is 2.24. The minimum Gasteiger partial charge on any atom is -0.489 e. The van der Waals surface area contributed by atoms with Crippen LogP contribution in [0.4, 0.5) is 5.69 Å². The van der Waals surface area contributed by atoms with Gasteiger partial charge in [-0.05, 0) is 32.4 Å². The number of ether oxygens (including phenoxy) is 1. The quantitative estimate of drug-likeness (QED) is 0.678. The molecule has 0 fully saturated rings. The summed E-state index contributed by atoms with van der Waals surface area (Å²) in [5.74, 6) is 1.24. The van der Waals surface area contributed by atoms with Crippen LogP contribution in [0.5, 0.6) is 5.75 Å². The standard InChI is InChI=1S/C15H18ClNO2/c1-10-6-7-11(19-9-5-4-8-16)12-13(10)17-14(18)15(12,2)3/h4-7H,8-9H2,1-3H3,(H,17,18)/b5-4+. The van der Waals surface area contributed by atoms with Crippen LogP contribution in [0.1, 0.15) is 25.0 Å². The number of hydrogen-bond acceptors (Lipinski definition) is 2. The van der Waals surface area contributed by atoms with Crippen molar-refractivity contribution in [3.05, 3.63) is 35.4 Å². The van der Waals surface area contributed by atoms with E-state index in [1.165, 1.54) is 0 Å². The highest BCUT2D eigenvalue weighted by atomic mass is 35.5. The van der Waals surface area contributed by atoms with Gasteiger partial charge in [-0.25, -0.2) is 0 Å². The summed E-state index contributed by atoms with van der Waals surface area (Å²) < 4.78 is 5.75.